The van der Waals surface area contributed by atoms with Gasteiger partial charge in [0.2, 0.25) is 0 Å². The van der Waals surface area contributed by atoms with Crippen LogP contribution in [-0.2, 0) is 6.42 Å². The summed E-state index contributed by atoms with van der Waals surface area (Å²) in [7, 11) is 0. The summed E-state index contributed by atoms with van der Waals surface area (Å²) in [6.07, 6.45) is 2.12. The molecule has 1 aromatic carbocycles. The average Bonchev–Trinajstić information content (AvgIpc) is 2.75. The van der Waals surface area contributed by atoms with E-state index in [0.29, 0.717) is 5.02 Å². The third kappa shape index (κ3) is 3.41. The zero-order valence-electron chi connectivity index (χ0n) is 11.9. The Morgan fingerprint density at radius 1 is 1.30 bits per heavy atom. The highest BCUT2D eigenvalue weighted by atomic mass is 35.5. The standard InChI is InChI=1S/C16H18ClNOS/c1-4-5-12-9-15(20-11(12)3)16(19)18-14-7-6-13(17)8-10(14)2/h6-9H,4-5H2,1-3H3,(H,18,19). The number of hydrogen-bond donors (Lipinski definition) is 1. The summed E-state index contributed by atoms with van der Waals surface area (Å²) in [5.41, 5.74) is 3.05. The van der Waals surface area contributed by atoms with E-state index in [2.05, 4.69) is 19.2 Å². The number of halogens is 1. The number of amides is 1. The molecule has 2 aromatic rings. The molecule has 0 saturated carbocycles. The van der Waals surface area contributed by atoms with Crippen LogP contribution in [0.1, 0.15) is 39.0 Å². The van der Waals surface area contributed by atoms with Gasteiger partial charge >= 0.3 is 0 Å². The Kier molecular flexibility index (Phi) is 4.84. The minimum atomic E-state index is -0.0501. The average molecular weight is 308 g/mol. The van der Waals surface area contributed by atoms with Crippen LogP contribution in [-0.4, -0.2) is 5.91 Å². The Labute approximate surface area is 128 Å². The van der Waals surface area contributed by atoms with Crippen LogP contribution in [0.4, 0.5) is 5.69 Å². The van der Waals surface area contributed by atoms with Gasteiger partial charge < -0.3 is 5.32 Å². The normalized spacial score (nSPS) is 10.6. The van der Waals surface area contributed by atoms with E-state index in [9.17, 15) is 4.79 Å². The Balaban J connectivity index is 2.17. The van der Waals surface area contributed by atoms with Crippen molar-refractivity contribution in [2.45, 2.75) is 33.6 Å². The lowest BCUT2D eigenvalue weighted by atomic mass is 10.1. The van der Waals surface area contributed by atoms with Gasteiger partial charge in [-0.05, 0) is 55.7 Å². The van der Waals surface area contributed by atoms with Crippen molar-refractivity contribution in [2.75, 3.05) is 5.32 Å². The topological polar surface area (TPSA) is 29.1 Å². The molecule has 0 aliphatic rings. The first-order valence-electron chi connectivity index (χ1n) is 6.68. The molecule has 2 nitrogen and oxygen atoms in total. The molecular weight excluding hydrogens is 290 g/mol. The monoisotopic (exact) mass is 307 g/mol. The first-order chi connectivity index (χ1) is 9.51. The summed E-state index contributed by atoms with van der Waals surface area (Å²) < 4.78 is 0. The summed E-state index contributed by atoms with van der Waals surface area (Å²) in [5, 5.41) is 3.63. The quantitative estimate of drug-likeness (QED) is 0.824. The van der Waals surface area contributed by atoms with Gasteiger partial charge in [-0.2, -0.15) is 0 Å². The lowest BCUT2D eigenvalue weighted by Crippen LogP contribution is -2.11. The van der Waals surface area contributed by atoms with E-state index in [0.717, 1.165) is 29.0 Å². The van der Waals surface area contributed by atoms with E-state index >= 15 is 0 Å². The zero-order chi connectivity index (χ0) is 14.7. The molecule has 0 atom stereocenters. The van der Waals surface area contributed by atoms with Crippen molar-refractivity contribution in [1.82, 2.24) is 0 Å². The van der Waals surface area contributed by atoms with E-state index < -0.39 is 0 Å². The minimum Gasteiger partial charge on any atom is -0.321 e. The maximum Gasteiger partial charge on any atom is 0.265 e. The van der Waals surface area contributed by atoms with E-state index in [4.69, 9.17) is 11.6 Å². The number of hydrogen-bond acceptors (Lipinski definition) is 2. The summed E-state index contributed by atoms with van der Waals surface area (Å²) >= 11 is 7.47. The zero-order valence-corrected chi connectivity index (χ0v) is 13.5. The van der Waals surface area contributed by atoms with Gasteiger partial charge in [-0.15, -0.1) is 11.3 Å². The van der Waals surface area contributed by atoms with Crippen LogP contribution in [0, 0.1) is 13.8 Å². The van der Waals surface area contributed by atoms with Crippen molar-refractivity contribution in [3.8, 4) is 0 Å². The number of rotatable bonds is 4. The molecule has 0 unspecified atom stereocenters. The van der Waals surface area contributed by atoms with Gasteiger partial charge in [0.25, 0.3) is 5.91 Å². The Morgan fingerprint density at radius 2 is 2.05 bits per heavy atom. The maximum atomic E-state index is 12.3. The molecule has 20 heavy (non-hydrogen) atoms. The van der Waals surface area contributed by atoms with Crippen molar-refractivity contribution in [2.24, 2.45) is 0 Å². The smallest absolute Gasteiger partial charge is 0.265 e. The predicted molar refractivity (Wildman–Crippen MR) is 87.2 cm³/mol. The summed E-state index contributed by atoms with van der Waals surface area (Å²) in [5.74, 6) is -0.0501. The predicted octanol–water partition coefficient (Wildman–Crippen LogP) is 5.22. The molecule has 0 aliphatic heterocycles. The number of nitrogens with one attached hydrogen (secondary N) is 1. The third-order valence-electron chi connectivity index (χ3n) is 3.20. The molecule has 0 spiro atoms. The molecular formula is C16H18ClNOS. The first kappa shape index (κ1) is 15.1. The Morgan fingerprint density at radius 3 is 2.70 bits per heavy atom. The van der Waals surface area contributed by atoms with E-state index in [1.54, 1.807) is 17.4 Å². The van der Waals surface area contributed by atoms with Gasteiger partial charge in [0.15, 0.2) is 0 Å². The molecule has 1 N–H and O–H groups in total. The van der Waals surface area contributed by atoms with E-state index in [-0.39, 0.29) is 5.91 Å². The molecule has 2 rings (SSSR count). The largest absolute Gasteiger partial charge is 0.321 e. The van der Waals surface area contributed by atoms with E-state index in [1.807, 2.05) is 25.1 Å². The Hall–Kier alpha value is -1.32. The number of aryl methyl sites for hydroxylation is 3. The lowest BCUT2D eigenvalue weighted by Gasteiger charge is -2.07. The van der Waals surface area contributed by atoms with Crippen LogP contribution >= 0.6 is 22.9 Å². The third-order valence-corrected chi connectivity index (χ3v) is 4.53. The second-order valence-electron chi connectivity index (χ2n) is 4.86. The Bertz CT molecular complexity index is 633. The molecule has 1 aromatic heterocycles. The van der Waals surface area contributed by atoms with Gasteiger partial charge in [-0.1, -0.05) is 24.9 Å². The van der Waals surface area contributed by atoms with Crippen LogP contribution in [0.5, 0.6) is 0 Å². The van der Waals surface area contributed by atoms with Crippen LogP contribution in [0.25, 0.3) is 0 Å². The molecule has 0 bridgehead atoms. The molecule has 106 valence electrons. The first-order valence-corrected chi connectivity index (χ1v) is 7.87. The summed E-state index contributed by atoms with van der Waals surface area (Å²) in [4.78, 5) is 14.3. The van der Waals surface area contributed by atoms with Crippen LogP contribution in [0.3, 0.4) is 0 Å². The second kappa shape index (κ2) is 6.42. The van der Waals surface area contributed by atoms with Crippen LogP contribution in [0.2, 0.25) is 5.02 Å². The van der Waals surface area contributed by atoms with Crippen molar-refractivity contribution in [3.05, 3.63) is 50.2 Å². The number of carbonyl (C=O) groups is 1. The molecule has 1 heterocycles. The fraction of sp³-hybridized carbons (Fsp3) is 0.312. The van der Waals surface area contributed by atoms with Crippen LogP contribution in [0.15, 0.2) is 24.3 Å². The van der Waals surface area contributed by atoms with E-state index in [1.165, 1.54) is 10.4 Å². The highest BCUT2D eigenvalue weighted by Crippen LogP contribution is 2.25. The SMILES string of the molecule is CCCc1cc(C(=O)Nc2ccc(Cl)cc2C)sc1C. The van der Waals surface area contributed by atoms with Crippen LogP contribution < -0.4 is 5.32 Å². The van der Waals surface area contributed by atoms with Crippen molar-refractivity contribution < 1.29 is 4.79 Å². The number of carbonyl (C=O) groups excluding carboxylic acids is 1. The van der Waals surface area contributed by atoms with Crippen molar-refractivity contribution >= 4 is 34.5 Å². The molecule has 0 saturated heterocycles. The molecule has 4 heteroatoms. The highest BCUT2D eigenvalue weighted by molar-refractivity contribution is 7.14. The van der Waals surface area contributed by atoms with Crippen molar-refractivity contribution in [1.29, 1.82) is 0 Å². The van der Waals surface area contributed by atoms with Gasteiger partial charge in [0.05, 0.1) is 4.88 Å². The molecule has 0 aliphatic carbocycles. The fourth-order valence-electron chi connectivity index (χ4n) is 2.10. The molecule has 0 radical (unpaired) electrons. The van der Waals surface area contributed by atoms with Gasteiger partial charge in [-0.3, -0.25) is 4.79 Å². The number of benzene rings is 1. The summed E-state index contributed by atoms with van der Waals surface area (Å²) in [6, 6.07) is 7.47. The molecule has 1 amide bonds. The number of anilines is 1. The molecule has 0 fully saturated rings. The fourth-order valence-corrected chi connectivity index (χ4v) is 3.29. The van der Waals surface area contributed by atoms with Gasteiger partial charge in [-0.25, -0.2) is 0 Å². The summed E-state index contributed by atoms with van der Waals surface area (Å²) in [6.45, 7) is 6.15. The minimum absolute atomic E-state index is 0.0501. The van der Waals surface area contributed by atoms with Crippen molar-refractivity contribution in [3.63, 3.8) is 0 Å². The maximum absolute atomic E-state index is 12.3. The highest BCUT2D eigenvalue weighted by Gasteiger charge is 2.13. The lowest BCUT2D eigenvalue weighted by molar-refractivity contribution is 0.103. The van der Waals surface area contributed by atoms with Gasteiger partial charge in [0, 0.05) is 15.6 Å². The van der Waals surface area contributed by atoms with Gasteiger partial charge in [0.1, 0.15) is 0 Å². The number of thiophene rings is 1. The second-order valence-corrected chi connectivity index (χ2v) is 6.55.